The molecule has 1 aliphatic heterocycles. The van der Waals surface area contributed by atoms with Gasteiger partial charge >= 0.3 is 6.03 Å². The quantitative estimate of drug-likeness (QED) is 0.798. The van der Waals surface area contributed by atoms with Crippen LogP contribution < -0.4 is 5.73 Å². The number of carbonyl (C=O) groups excluding carboxylic acids is 4. The van der Waals surface area contributed by atoms with Crippen LogP contribution in [0.4, 0.5) is 4.79 Å². The summed E-state index contributed by atoms with van der Waals surface area (Å²) in [6.45, 7) is 3.60. The average Bonchev–Trinajstić information content (AvgIpc) is 2.51. The zero-order valence-corrected chi connectivity index (χ0v) is 15.4. The average molecular weight is 386 g/mol. The van der Waals surface area contributed by atoms with E-state index in [2.05, 4.69) is 0 Å². The third-order valence-corrected chi connectivity index (χ3v) is 4.51. The van der Waals surface area contributed by atoms with Gasteiger partial charge in [0.1, 0.15) is 0 Å². The molecule has 1 heterocycles. The Kier molecular flexibility index (Phi) is 5.11. The van der Waals surface area contributed by atoms with Crippen LogP contribution in [0.3, 0.4) is 0 Å². The van der Waals surface area contributed by atoms with Crippen molar-refractivity contribution in [2.45, 2.75) is 19.3 Å². The highest BCUT2D eigenvalue weighted by molar-refractivity contribution is 6.39. The zero-order valence-electron chi connectivity index (χ0n) is 13.9. The topological polar surface area (TPSA) is 101 Å². The van der Waals surface area contributed by atoms with E-state index in [4.69, 9.17) is 28.9 Å². The van der Waals surface area contributed by atoms with Crippen molar-refractivity contribution in [1.82, 2.24) is 9.80 Å². The molecule has 0 saturated carbocycles. The first kappa shape index (κ1) is 19.2. The Morgan fingerprint density at radius 1 is 1.20 bits per heavy atom. The Morgan fingerprint density at radius 3 is 2.28 bits per heavy atom. The molecule has 2 N–H and O–H groups in total. The van der Waals surface area contributed by atoms with Gasteiger partial charge in [-0.1, -0.05) is 43.1 Å². The molecule has 1 fully saturated rings. The summed E-state index contributed by atoms with van der Waals surface area (Å²) in [5.74, 6) is -3.34. The summed E-state index contributed by atoms with van der Waals surface area (Å²) in [4.78, 5) is 52.2. The summed E-state index contributed by atoms with van der Waals surface area (Å²) < 4.78 is 0. The minimum Gasteiger partial charge on any atom is -0.368 e. The van der Waals surface area contributed by atoms with Gasteiger partial charge in [-0.05, 0) is 18.1 Å². The lowest BCUT2D eigenvalue weighted by molar-refractivity contribution is -0.155. The molecular formula is C16H17Cl2N3O4. The summed E-state index contributed by atoms with van der Waals surface area (Å²) in [5, 5.41) is 0.188. The molecule has 1 aromatic rings. The van der Waals surface area contributed by atoms with Crippen molar-refractivity contribution >= 4 is 47.0 Å². The predicted molar refractivity (Wildman–Crippen MR) is 92.1 cm³/mol. The van der Waals surface area contributed by atoms with Crippen molar-refractivity contribution in [1.29, 1.82) is 0 Å². The highest BCUT2D eigenvalue weighted by Crippen LogP contribution is 2.38. The van der Waals surface area contributed by atoms with Gasteiger partial charge in [-0.2, -0.15) is 0 Å². The second-order valence-corrected chi connectivity index (χ2v) is 7.04. The van der Waals surface area contributed by atoms with Gasteiger partial charge < -0.3 is 5.73 Å². The molecule has 134 valence electrons. The largest absolute Gasteiger partial charge is 0.368 e. The van der Waals surface area contributed by atoms with Crippen molar-refractivity contribution in [3.63, 3.8) is 0 Å². The maximum Gasteiger partial charge on any atom is 0.333 e. The Hall–Kier alpha value is -2.12. The molecular weight excluding hydrogens is 369 g/mol. The number of hydrogen-bond donors (Lipinski definition) is 1. The van der Waals surface area contributed by atoms with Crippen molar-refractivity contribution < 1.29 is 19.2 Å². The van der Waals surface area contributed by atoms with Gasteiger partial charge in [0.15, 0.2) is 0 Å². The van der Waals surface area contributed by atoms with E-state index in [1.165, 1.54) is 25.2 Å². The lowest BCUT2D eigenvalue weighted by Crippen LogP contribution is -2.70. The lowest BCUT2D eigenvalue weighted by Gasteiger charge is -2.42. The van der Waals surface area contributed by atoms with Crippen LogP contribution in [0.15, 0.2) is 18.2 Å². The molecule has 1 aromatic carbocycles. The lowest BCUT2D eigenvalue weighted by atomic mass is 9.75. The Balaban J connectivity index is 2.77. The van der Waals surface area contributed by atoms with Gasteiger partial charge in [0, 0.05) is 29.2 Å². The highest BCUT2D eigenvalue weighted by Gasteiger charge is 2.62. The minimum absolute atomic E-state index is 0.0233. The second-order valence-electron chi connectivity index (χ2n) is 6.19. The van der Waals surface area contributed by atoms with Crippen LogP contribution in [-0.4, -0.2) is 47.1 Å². The van der Waals surface area contributed by atoms with Gasteiger partial charge in [0.05, 0.1) is 0 Å². The predicted octanol–water partition coefficient (Wildman–Crippen LogP) is 1.79. The van der Waals surface area contributed by atoms with Crippen molar-refractivity contribution in [2.75, 3.05) is 13.6 Å². The van der Waals surface area contributed by atoms with Crippen molar-refractivity contribution in [2.24, 2.45) is 11.7 Å². The van der Waals surface area contributed by atoms with E-state index in [0.717, 1.165) is 4.90 Å². The Morgan fingerprint density at radius 2 is 1.80 bits per heavy atom. The van der Waals surface area contributed by atoms with Gasteiger partial charge in [0.2, 0.25) is 11.3 Å². The number of nitrogens with two attached hydrogens (primary N) is 1. The minimum atomic E-state index is -2.42. The third kappa shape index (κ3) is 2.87. The van der Waals surface area contributed by atoms with Crippen LogP contribution in [0, 0.1) is 5.92 Å². The molecule has 1 unspecified atom stereocenters. The second kappa shape index (κ2) is 6.65. The zero-order chi connectivity index (χ0) is 19.1. The van der Waals surface area contributed by atoms with Crippen LogP contribution in [-0.2, 0) is 19.8 Å². The molecule has 1 atom stereocenters. The normalized spacial score (nSPS) is 21.3. The van der Waals surface area contributed by atoms with Gasteiger partial charge in [-0.15, -0.1) is 0 Å². The van der Waals surface area contributed by atoms with Gasteiger partial charge in [-0.3, -0.25) is 24.2 Å². The van der Waals surface area contributed by atoms with E-state index in [9.17, 15) is 19.2 Å². The molecule has 1 aliphatic rings. The summed E-state index contributed by atoms with van der Waals surface area (Å²) in [7, 11) is 1.19. The van der Waals surface area contributed by atoms with Crippen LogP contribution in [0.2, 0.25) is 10.0 Å². The summed E-state index contributed by atoms with van der Waals surface area (Å²) in [6, 6.07) is 3.16. The standard InChI is InChI=1S/C16H17Cl2N3O4/c1-8(2)7-21-14(24)16(12(19)22,13(23)20(3)15(21)25)10-5-4-9(17)6-11(10)18/h4-6,8H,7H2,1-3H3,(H2,19,22). The van der Waals surface area contributed by atoms with Crippen LogP contribution >= 0.6 is 23.2 Å². The fraction of sp³-hybridized carbons (Fsp3) is 0.375. The molecule has 25 heavy (non-hydrogen) atoms. The fourth-order valence-electron chi connectivity index (χ4n) is 2.79. The molecule has 0 spiro atoms. The van der Waals surface area contributed by atoms with Crippen molar-refractivity contribution in [3.05, 3.63) is 33.8 Å². The Labute approximate surface area is 154 Å². The molecule has 0 aliphatic carbocycles. The summed E-state index contributed by atoms with van der Waals surface area (Å²) in [5.41, 5.74) is 2.97. The molecule has 0 bridgehead atoms. The molecule has 9 heteroatoms. The van der Waals surface area contributed by atoms with Crippen LogP contribution in [0.25, 0.3) is 0 Å². The molecule has 0 aromatic heterocycles. The number of imide groups is 2. The van der Waals surface area contributed by atoms with E-state index >= 15 is 0 Å². The SMILES string of the molecule is CC(C)CN1C(=O)N(C)C(=O)C(C(N)=O)(c2ccc(Cl)cc2Cl)C1=O. The third-order valence-electron chi connectivity index (χ3n) is 3.96. The van der Waals surface area contributed by atoms with Crippen LogP contribution in [0.5, 0.6) is 0 Å². The summed E-state index contributed by atoms with van der Waals surface area (Å²) >= 11 is 12.0. The number of amides is 5. The number of rotatable bonds is 4. The number of halogens is 2. The van der Waals surface area contributed by atoms with E-state index < -0.39 is 29.2 Å². The maximum atomic E-state index is 13.1. The van der Waals surface area contributed by atoms with Crippen molar-refractivity contribution in [3.8, 4) is 0 Å². The van der Waals surface area contributed by atoms with Crippen LogP contribution in [0.1, 0.15) is 19.4 Å². The number of barbiturate groups is 1. The number of carbonyl (C=O) groups is 4. The van der Waals surface area contributed by atoms with E-state index in [-0.39, 0.29) is 28.1 Å². The Bertz CT molecular complexity index is 781. The number of likely N-dealkylation sites (N-methyl/N-ethyl adjacent to an activating group) is 1. The fourth-order valence-corrected chi connectivity index (χ4v) is 3.34. The van der Waals surface area contributed by atoms with E-state index in [1.807, 2.05) is 0 Å². The molecule has 7 nitrogen and oxygen atoms in total. The maximum absolute atomic E-state index is 13.1. The molecule has 0 radical (unpaired) electrons. The van der Waals surface area contributed by atoms with E-state index in [0.29, 0.717) is 4.90 Å². The first-order valence-electron chi connectivity index (χ1n) is 7.44. The number of benzene rings is 1. The first-order valence-corrected chi connectivity index (χ1v) is 8.20. The number of nitrogens with zero attached hydrogens (tertiary/aromatic N) is 2. The van der Waals surface area contributed by atoms with Gasteiger partial charge in [-0.25, -0.2) is 4.79 Å². The highest BCUT2D eigenvalue weighted by atomic mass is 35.5. The molecule has 5 amide bonds. The monoisotopic (exact) mass is 385 g/mol. The summed E-state index contributed by atoms with van der Waals surface area (Å²) in [6.07, 6.45) is 0. The number of primary amides is 1. The molecule has 2 rings (SSSR count). The first-order chi connectivity index (χ1) is 11.5. The smallest absolute Gasteiger partial charge is 0.333 e. The van der Waals surface area contributed by atoms with E-state index in [1.54, 1.807) is 13.8 Å². The number of urea groups is 1. The number of hydrogen-bond acceptors (Lipinski definition) is 4. The molecule has 1 saturated heterocycles. The van der Waals surface area contributed by atoms with Gasteiger partial charge in [0.25, 0.3) is 11.8 Å².